The molecule has 2 aromatic rings. The molecule has 1 N–H and O–H groups in total. The zero-order chi connectivity index (χ0) is 20.7. The van der Waals surface area contributed by atoms with Crippen LogP contribution in [-0.2, 0) is 4.79 Å². The van der Waals surface area contributed by atoms with Crippen molar-refractivity contribution < 1.29 is 14.3 Å². The number of carbonyl (C=O) groups excluding carboxylic acids is 1. The highest BCUT2D eigenvalue weighted by Crippen LogP contribution is 2.37. The molecule has 0 aromatic heterocycles. The average Bonchev–Trinajstić information content (AvgIpc) is 2.68. The second kappa shape index (κ2) is 10.0. The Bertz CT molecular complexity index is 949. The Balaban J connectivity index is 2.33. The van der Waals surface area contributed by atoms with Gasteiger partial charge < -0.3 is 14.8 Å². The number of nitrogens with zero attached hydrogens (tertiary/aromatic N) is 1. The summed E-state index contributed by atoms with van der Waals surface area (Å²) in [6.07, 6.45) is 2.26. The number of nitriles is 1. The van der Waals surface area contributed by atoms with Gasteiger partial charge in [-0.2, -0.15) is 5.26 Å². The van der Waals surface area contributed by atoms with Crippen LogP contribution in [0.5, 0.6) is 11.5 Å². The average molecular weight is 419 g/mol. The van der Waals surface area contributed by atoms with Crippen LogP contribution in [0.15, 0.2) is 35.9 Å². The molecule has 0 saturated heterocycles. The first-order valence-electron chi connectivity index (χ1n) is 8.59. The fourth-order valence-corrected chi connectivity index (χ4v) is 2.86. The molecule has 2 aromatic carbocycles. The van der Waals surface area contributed by atoms with Crippen molar-refractivity contribution in [2.75, 3.05) is 19.0 Å². The number of benzene rings is 2. The SMILES string of the molecule is CCCOc1c(Cl)cc(/C=C(\C#N)C(=O)Nc2cccc(Cl)c2C)cc1OC. The molecular formula is C21H20Cl2N2O3. The Labute approximate surface area is 174 Å². The van der Waals surface area contributed by atoms with Crippen molar-refractivity contribution in [2.24, 2.45) is 0 Å². The predicted molar refractivity (Wildman–Crippen MR) is 112 cm³/mol. The number of methoxy groups -OCH3 is 1. The first-order valence-corrected chi connectivity index (χ1v) is 9.35. The van der Waals surface area contributed by atoms with Crippen LogP contribution in [0, 0.1) is 18.3 Å². The second-order valence-corrected chi connectivity index (χ2v) is 6.73. The Morgan fingerprint density at radius 2 is 2.04 bits per heavy atom. The van der Waals surface area contributed by atoms with Gasteiger partial charge in [0.2, 0.25) is 0 Å². The van der Waals surface area contributed by atoms with Crippen molar-refractivity contribution in [1.29, 1.82) is 5.26 Å². The topological polar surface area (TPSA) is 71.3 Å². The summed E-state index contributed by atoms with van der Waals surface area (Å²) in [6.45, 7) is 4.26. The van der Waals surface area contributed by atoms with Crippen molar-refractivity contribution in [3.63, 3.8) is 0 Å². The van der Waals surface area contributed by atoms with Crippen LogP contribution in [0.2, 0.25) is 10.0 Å². The van der Waals surface area contributed by atoms with E-state index in [0.717, 1.165) is 12.0 Å². The van der Waals surface area contributed by atoms with Crippen molar-refractivity contribution >= 4 is 40.9 Å². The van der Waals surface area contributed by atoms with E-state index in [0.29, 0.717) is 39.4 Å². The molecule has 0 fully saturated rings. The van der Waals surface area contributed by atoms with Crippen LogP contribution in [0.1, 0.15) is 24.5 Å². The molecule has 0 aliphatic rings. The third-order valence-electron chi connectivity index (χ3n) is 3.89. The minimum Gasteiger partial charge on any atom is -0.493 e. The van der Waals surface area contributed by atoms with Crippen LogP contribution in [-0.4, -0.2) is 19.6 Å². The largest absolute Gasteiger partial charge is 0.493 e. The van der Waals surface area contributed by atoms with Gasteiger partial charge in [0.1, 0.15) is 11.6 Å². The van der Waals surface area contributed by atoms with Gasteiger partial charge in [0.15, 0.2) is 11.5 Å². The van der Waals surface area contributed by atoms with Crippen molar-refractivity contribution in [3.05, 3.63) is 57.1 Å². The quantitative estimate of drug-likeness (QED) is 0.465. The van der Waals surface area contributed by atoms with E-state index in [-0.39, 0.29) is 5.57 Å². The third kappa shape index (κ3) is 5.19. The monoisotopic (exact) mass is 418 g/mol. The van der Waals surface area contributed by atoms with Gasteiger partial charge in [0.25, 0.3) is 5.91 Å². The molecule has 0 unspecified atom stereocenters. The van der Waals surface area contributed by atoms with Crippen LogP contribution >= 0.6 is 23.2 Å². The van der Waals surface area contributed by atoms with Gasteiger partial charge in [-0.05, 0) is 54.8 Å². The Hall–Kier alpha value is -2.68. The van der Waals surface area contributed by atoms with Gasteiger partial charge in [0, 0.05) is 10.7 Å². The maximum Gasteiger partial charge on any atom is 0.266 e. The molecule has 0 heterocycles. The molecule has 0 spiro atoms. The molecule has 7 heteroatoms. The molecule has 0 aliphatic carbocycles. The van der Waals surface area contributed by atoms with Gasteiger partial charge in [-0.3, -0.25) is 4.79 Å². The summed E-state index contributed by atoms with van der Waals surface area (Å²) in [7, 11) is 1.50. The van der Waals surface area contributed by atoms with E-state index >= 15 is 0 Å². The van der Waals surface area contributed by atoms with Crippen molar-refractivity contribution in [1.82, 2.24) is 0 Å². The van der Waals surface area contributed by atoms with Gasteiger partial charge >= 0.3 is 0 Å². The number of ether oxygens (including phenoxy) is 2. The highest BCUT2D eigenvalue weighted by atomic mass is 35.5. The summed E-state index contributed by atoms with van der Waals surface area (Å²) in [5, 5.41) is 13.0. The number of carbonyl (C=O) groups is 1. The van der Waals surface area contributed by atoms with Crippen LogP contribution in [0.3, 0.4) is 0 Å². The van der Waals surface area contributed by atoms with Gasteiger partial charge in [-0.1, -0.05) is 36.2 Å². The van der Waals surface area contributed by atoms with E-state index in [1.165, 1.54) is 13.2 Å². The molecular weight excluding hydrogens is 399 g/mol. The fraction of sp³-hybridized carbons (Fsp3) is 0.238. The first-order chi connectivity index (χ1) is 13.4. The normalized spacial score (nSPS) is 10.9. The highest BCUT2D eigenvalue weighted by molar-refractivity contribution is 6.32. The Morgan fingerprint density at radius 1 is 1.29 bits per heavy atom. The lowest BCUT2D eigenvalue weighted by molar-refractivity contribution is -0.112. The van der Waals surface area contributed by atoms with Crippen molar-refractivity contribution in [3.8, 4) is 17.6 Å². The number of rotatable bonds is 7. The summed E-state index contributed by atoms with van der Waals surface area (Å²) in [6, 6.07) is 10.4. The lowest BCUT2D eigenvalue weighted by Crippen LogP contribution is -2.14. The molecule has 1 amide bonds. The smallest absolute Gasteiger partial charge is 0.266 e. The minimum atomic E-state index is -0.547. The van der Waals surface area contributed by atoms with E-state index in [1.54, 1.807) is 37.3 Å². The lowest BCUT2D eigenvalue weighted by atomic mass is 10.1. The third-order valence-corrected chi connectivity index (χ3v) is 4.58. The Kier molecular flexibility index (Phi) is 7.74. The van der Waals surface area contributed by atoms with Crippen molar-refractivity contribution in [2.45, 2.75) is 20.3 Å². The number of hydrogen-bond acceptors (Lipinski definition) is 4. The van der Waals surface area contributed by atoms with Crippen LogP contribution in [0.4, 0.5) is 5.69 Å². The fourth-order valence-electron chi connectivity index (χ4n) is 2.42. The number of nitrogens with one attached hydrogen (secondary N) is 1. The predicted octanol–water partition coefficient (Wildman–Crippen LogP) is 5.64. The second-order valence-electron chi connectivity index (χ2n) is 5.92. The van der Waals surface area contributed by atoms with Crippen LogP contribution in [0.25, 0.3) is 6.08 Å². The van der Waals surface area contributed by atoms with E-state index in [4.69, 9.17) is 32.7 Å². The Morgan fingerprint density at radius 3 is 2.68 bits per heavy atom. The lowest BCUT2D eigenvalue weighted by Gasteiger charge is -2.13. The number of amides is 1. The van der Waals surface area contributed by atoms with E-state index in [9.17, 15) is 10.1 Å². The molecule has 2 rings (SSSR count). The molecule has 0 saturated carbocycles. The zero-order valence-corrected chi connectivity index (χ0v) is 17.3. The summed E-state index contributed by atoms with van der Waals surface area (Å²) < 4.78 is 10.9. The molecule has 28 heavy (non-hydrogen) atoms. The van der Waals surface area contributed by atoms with E-state index in [1.807, 2.05) is 13.0 Å². The van der Waals surface area contributed by atoms with E-state index in [2.05, 4.69) is 5.32 Å². The molecule has 0 aliphatic heterocycles. The summed E-state index contributed by atoms with van der Waals surface area (Å²) in [5.74, 6) is 0.311. The maximum absolute atomic E-state index is 12.5. The zero-order valence-electron chi connectivity index (χ0n) is 15.8. The maximum atomic E-state index is 12.5. The minimum absolute atomic E-state index is 0.0836. The molecule has 146 valence electrons. The molecule has 0 bridgehead atoms. The number of hydrogen-bond donors (Lipinski definition) is 1. The van der Waals surface area contributed by atoms with Gasteiger partial charge in [-0.15, -0.1) is 0 Å². The van der Waals surface area contributed by atoms with Gasteiger partial charge in [0.05, 0.1) is 18.7 Å². The molecule has 0 atom stereocenters. The summed E-state index contributed by atoms with van der Waals surface area (Å²) in [5.41, 5.74) is 1.72. The molecule has 0 radical (unpaired) electrons. The summed E-state index contributed by atoms with van der Waals surface area (Å²) in [4.78, 5) is 12.5. The number of anilines is 1. The van der Waals surface area contributed by atoms with Crippen LogP contribution < -0.4 is 14.8 Å². The first kappa shape index (κ1) is 21.6. The standard InChI is InChI=1S/C21H20Cl2N2O3/c1-4-8-28-20-17(23)10-14(11-19(20)27-3)9-15(12-24)21(26)25-18-7-5-6-16(22)13(18)2/h5-7,9-11H,4,8H2,1-3H3,(H,25,26)/b15-9+. The van der Waals surface area contributed by atoms with Gasteiger partial charge in [-0.25, -0.2) is 0 Å². The summed E-state index contributed by atoms with van der Waals surface area (Å²) >= 11 is 12.4. The van der Waals surface area contributed by atoms with E-state index < -0.39 is 5.91 Å². The number of halogens is 2. The molecule has 5 nitrogen and oxygen atoms in total. The highest BCUT2D eigenvalue weighted by Gasteiger charge is 2.15.